The molecule has 0 atom stereocenters. The molecule has 0 radical (unpaired) electrons. The summed E-state index contributed by atoms with van der Waals surface area (Å²) in [5, 5.41) is 2.80. The first kappa shape index (κ1) is 14.0. The molecule has 0 amide bonds. The van der Waals surface area contributed by atoms with E-state index in [1.165, 1.54) is 17.7 Å². The Morgan fingerprint density at radius 1 is 1.00 bits per heavy atom. The molecule has 0 unspecified atom stereocenters. The molecule has 0 aliphatic heterocycles. The van der Waals surface area contributed by atoms with Gasteiger partial charge in [0.2, 0.25) is 0 Å². The Hall–Kier alpha value is -1.42. The van der Waals surface area contributed by atoms with Crippen LogP contribution < -0.4 is 5.32 Å². The van der Waals surface area contributed by atoms with E-state index in [0.29, 0.717) is 11.0 Å². The summed E-state index contributed by atoms with van der Waals surface area (Å²) in [5.41, 5.74) is 3.26. The van der Waals surface area contributed by atoms with E-state index in [2.05, 4.69) is 21.2 Å². The molecule has 0 saturated carbocycles. The Morgan fingerprint density at radius 2 is 1.63 bits per heavy atom. The number of rotatable bonds is 3. The average Bonchev–Trinajstić information content (AvgIpc) is 2.32. The number of halogens is 3. The van der Waals surface area contributed by atoms with Crippen molar-refractivity contribution in [2.75, 3.05) is 5.32 Å². The molecule has 100 valence electrons. The number of nitrogens with one attached hydrogen (secondary N) is 1. The molecule has 19 heavy (non-hydrogen) atoms. The standard InChI is InChI=1S/C15H14BrF2N/c1-9-3-4-11(5-10(9)2)8-19-15-13(17)6-12(16)7-14(15)18/h3-7,19H,8H2,1-2H3. The van der Waals surface area contributed by atoms with Crippen LogP contribution in [0.1, 0.15) is 16.7 Å². The highest BCUT2D eigenvalue weighted by Gasteiger charge is 2.10. The van der Waals surface area contributed by atoms with Crippen molar-refractivity contribution in [3.8, 4) is 0 Å². The first-order valence-corrected chi connectivity index (χ1v) is 6.71. The summed E-state index contributed by atoms with van der Waals surface area (Å²) in [6, 6.07) is 8.44. The third kappa shape index (κ3) is 3.32. The van der Waals surface area contributed by atoms with Crippen LogP contribution in [0.2, 0.25) is 0 Å². The van der Waals surface area contributed by atoms with Crippen LogP contribution in [0.5, 0.6) is 0 Å². The highest BCUT2D eigenvalue weighted by Crippen LogP contribution is 2.24. The largest absolute Gasteiger partial charge is 0.376 e. The van der Waals surface area contributed by atoms with Crippen LogP contribution >= 0.6 is 15.9 Å². The maximum atomic E-state index is 13.6. The molecule has 0 fully saturated rings. The van der Waals surface area contributed by atoms with Gasteiger partial charge in [-0.1, -0.05) is 34.1 Å². The van der Waals surface area contributed by atoms with Crippen molar-refractivity contribution in [2.24, 2.45) is 0 Å². The number of aryl methyl sites for hydroxylation is 2. The second-order valence-electron chi connectivity index (χ2n) is 4.52. The molecular formula is C15H14BrF2N. The van der Waals surface area contributed by atoms with Crippen LogP contribution in [0.3, 0.4) is 0 Å². The van der Waals surface area contributed by atoms with Crippen LogP contribution in [-0.4, -0.2) is 0 Å². The summed E-state index contributed by atoms with van der Waals surface area (Å²) in [4.78, 5) is 0. The fourth-order valence-corrected chi connectivity index (χ4v) is 2.22. The normalized spacial score (nSPS) is 10.6. The summed E-state index contributed by atoms with van der Waals surface area (Å²) < 4.78 is 27.6. The molecule has 2 rings (SSSR count). The Labute approximate surface area is 119 Å². The predicted octanol–water partition coefficient (Wildman–Crippen LogP) is 4.96. The molecular weight excluding hydrogens is 312 g/mol. The van der Waals surface area contributed by atoms with Crippen molar-refractivity contribution in [3.05, 3.63) is 63.1 Å². The topological polar surface area (TPSA) is 12.0 Å². The van der Waals surface area contributed by atoms with Crippen molar-refractivity contribution in [1.82, 2.24) is 0 Å². The average molecular weight is 326 g/mol. The molecule has 2 aromatic carbocycles. The van der Waals surface area contributed by atoms with Gasteiger partial charge in [0.1, 0.15) is 17.3 Å². The molecule has 1 nitrogen and oxygen atoms in total. The van der Waals surface area contributed by atoms with Crippen molar-refractivity contribution < 1.29 is 8.78 Å². The lowest BCUT2D eigenvalue weighted by Crippen LogP contribution is -2.04. The van der Waals surface area contributed by atoms with E-state index in [9.17, 15) is 8.78 Å². The van der Waals surface area contributed by atoms with Gasteiger partial charge in [0, 0.05) is 11.0 Å². The Balaban J connectivity index is 2.16. The van der Waals surface area contributed by atoms with E-state index in [1.54, 1.807) is 0 Å². The Morgan fingerprint density at radius 3 is 2.21 bits per heavy atom. The van der Waals surface area contributed by atoms with Crippen molar-refractivity contribution >= 4 is 21.6 Å². The van der Waals surface area contributed by atoms with Crippen LogP contribution in [0.25, 0.3) is 0 Å². The monoisotopic (exact) mass is 325 g/mol. The minimum absolute atomic E-state index is 0.0959. The maximum Gasteiger partial charge on any atom is 0.150 e. The zero-order valence-electron chi connectivity index (χ0n) is 10.7. The van der Waals surface area contributed by atoms with E-state index >= 15 is 0 Å². The highest BCUT2D eigenvalue weighted by molar-refractivity contribution is 9.10. The minimum atomic E-state index is -0.601. The quantitative estimate of drug-likeness (QED) is 0.841. The molecule has 0 aliphatic carbocycles. The molecule has 0 spiro atoms. The van der Waals surface area contributed by atoms with Gasteiger partial charge >= 0.3 is 0 Å². The number of hydrogen-bond acceptors (Lipinski definition) is 1. The second-order valence-corrected chi connectivity index (χ2v) is 5.43. The molecule has 0 saturated heterocycles. The fourth-order valence-electron chi connectivity index (χ4n) is 1.82. The van der Waals surface area contributed by atoms with Gasteiger partial charge in [-0.05, 0) is 42.7 Å². The van der Waals surface area contributed by atoms with Crippen LogP contribution in [-0.2, 0) is 6.54 Å². The lowest BCUT2D eigenvalue weighted by molar-refractivity contribution is 0.586. The SMILES string of the molecule is Cc1ccc(CNc2c(F)cc(Br)cc2F)cc1C. The zero-order chi connectivity index (χ0) is 14.0. The van der Waals surface area contributed by atoms with Gasteiger partial charge in [-0.2, -0.15) is 0 Å². The van der Waals surface area contributed by atoms with Gasteiger partial charge in [-0.25, -0.2) is 8.78 Å². The Bertz CT molecular complexity index is 588. The highest BCUT2D eigenvalue weighted by atomic mass is 79.9. The summed E-state index contributed by atoms with van der Waals surface area (Å²) in [6.07, 6.45) is 0. The third-order valence-electron chi connectivity index (χ3n) is 3.05. The summed E-state index contributed by atoms with van der Waals surface area (Å²) in [7, 11) is 0. The van der Waals surface area contributed by atoms with Gasteiger partial charge in [-0.15, -0.1) is 0 Å². The molecule has 1 N–H and O–H groups in total. The van der Waals surface area contributed by atoms with E-state index in [1.807, 2.05) is 32.0 Å². The molecule has 0 aliphatic rings. The van der Waals surface area contributed by atoms with E-state index in [4.69, 9.17) is 0 Å². The van der Waals surface area contributed by atoms with Gasteiger partial charge in [0.05, 0.1) is 0 Å². The van der Waals surface area contributed by atoms with Crippen LogP contribution in [0.4, 0.5) is 14.5 Å². The maximum absolute atomic E-state index is 13.6. The molecule has 2 aromatic rings. The smallest absolute Gasteiger partial charge is 0.150 e. The molecule has 0 heterocycles. The van der Waals surface area contributed by atoms with E-state index in [0.717, 1.165) is 11.1 Å². The number of benzene rings is 2. The lowest BCUT2D eigenvalue weighted by atomic mass is 10.1. The van der Waals surface area contributed by atoms with Gasteiger partial charge in [-0.3, -0.25) is 0 Å². The molecule has 0 bridgehead atoms. The number of anilines is 1. The first-order valence-electron chi connectivity index (χ1n) is 5.92. The minimum Gasteiger partial charge on any atom is -0.376 e. The Kier molecular flexibility index (Phi) is 4.20. The summed E-state index contributed by atoms with van der Waals surface area (Å²) >= 11 is 3.05. The van der Waals surface area contributed by atoms with E-state index in [-0.39, 0.29) is 5.69 Å². The summed E-state index contributed by atoms with van der Waals surface area (Å²) in [6.45, 7) is 4.43. The van der Waals surface area contributed by atoms with Crippen molar-refractivity contribution in [3.63, 3.8) is 0 Å². The zero-order valence-corrected chi connectivity index (χ0v) is 12.3. The van der Waals surface area contributed by atoms with Gasteiger partial charge in [0.25, 0.3) is 0 Å². The van der Waals surface area contributed by atoms with E-state index < -0.39 is 11.6 Å². The molecule has 4 heteroatoms. The van der Waals surface area contributed by atoms with Crippen molar-refractivity contribution in [2.45, 2.75) is 20.4 Å². The van der Waals surface area contributed by atoms with Crippen LogP contribution in [0, 0.1) is 25.5 Å². The number of hydrogen-bond donors (Lipinski definition) is 1. The third-order valence-corrected chi connectivity index (χ3v) is 3.51. The van der Waals surface area contributed by atoms with Gasteiger partial charge in [0.15, 0.2) is 0 Å². The predicted molar refractivity (Wildman–Crippen MR) is 77.3 cm³/mol. The van der Waals surface area contributed by atoms with Crippen LogP contribution in [0.15, 0.2) is 34.8 Å². The van der Waals surface area contributed by atoms with Crippen molar-refractivity contribution in [1.29, 1.82) is 0 Å². The summed E-state index contributed by atoms with van der Waals surface area (Å²) in [5.74, 6) is -1.20. The second kappa shape index (κ2) is 5.70. The lowest BCUT2D eigenvalue weighted by Gasteiger charge is -2.10. The van der Waals surface area contributed by atoms with Gasteiger partial charge < -0.3 is 5.32 Å². The molecule has 0 aromatic heterocycles. The first-order chi connectivity index (χ1) is 8.97. The fraction of sp³-hybridized carbons (Fsp3) is 0.200.